The molecular weight excluding hydrogens is 292 g/mol. The van der Waals surface area contributed by atoms with Crippen molar-refractivity contribution >= 4 is 15.7 Å². The minimum Gasteiger partial charge on any atom is -0.374 e. The van der Waals surface area contributed by atoms with Gasteiger partial charge < -0.3 is 14.5 Å². The largest absolute Gasteiger partial charge is 0.374 e. The topological polar surface area (TPSA) is 66.9 Å². The minimum absolute atomic E-state index is 0.0126. The first-order valence-corrected chi connectivity index (χ1v) is 9.50. The second kappa shape index (κ2) is 7.07. The molecule has 1 aliphatic heterocycles. The molecule has 7 heteroatoms. The highest BCUT2D eigenvalue weighted by molar-refractivity contribution is 7.92. The Morgan fingerprint density at radius 2 is 2.05 bits per heavy atom. The molecule has 1 heterocycles. The first-order valence-electron chi connectivity index (χ1n) is 7.68. The number of carbonyl (C=O) groups excluding carboxylic acids is 1. The molecule has 1 amide bonds. The highest BCUT2D eigenvalue weighted by Gasteiger charge is 2.31. The number of amides is 1. The maximum Gasteiger partial charge on any atom is 0.237 e. The number of hydrogen-bond donors (Lipinski definition) is 0. The molecule has 6 nitrogen and oxygen atoms in total. The predicted octanol–water partition coefficient (Wildman–Crippen LogP) is -0.00970. The average molecular weight is 318 g/mol. The molecule has 2 aliphatic rings. The van der Waals surface area contributed by atoms with Crippen molar-refractivity contribution in [3.8, 4) is 0 Å². The first-order chi connectivity index (χ1) is 9.89. The van der Waals surface area contributed by atoms with Crippen LogP contribution in [0.25, 0.3) is 0 Å². The van der Waals surface area contributed by atoms with Crippen LogP contribution in [0.3, 0.4) is 0 Å². The summed E-state index contributed by atoms with van der Waals surface area (Å²) in [5.41, 5.74) is 0. The minimum atomic E-state index is -3.27. The monoisotopic (exact) mass is 318 g/mol. The van der Waals surface area contributed by atoms with Crippen molar-refractivity contribution in [2.45, 2.75) is 25.9 Å². The van der Waals surface area contributed by atoms with Crippen LogP contribution in [0.4, 0.5) is 0 Å². The van der Waals surface area contributed by atoms with Crippen molar-refractivity contribution in [3.05, 3.63) is 0 Å². The van der Waals surface area contributed by atoms with E-state index in [0.29, 0.717) is 25.6 Å². The lowest BCUT2D eigenvalue weighted by atomic mass is 10.2. The van der Waals surface area contributed by atoms with E-state index < -0.39 is 9.84 Å². The van der Waals surface area contributed by atoms with Crippen LogP contribution >= 0.6 is 0 Å². The number of morpholine rings is 1. The van der Waals surface area contributed by atoms with Gasteiger partial charge in [0, 0.05) is 31.9 Å². The van der Waals surface area contributed by atoms with Crippen LogP contribution in [0.5, 0.6) is 0 Å². The second-order valence-electron chi connectivity index (χ2n) is 6.17. The van der Waals surface area contributed by atoms with Gasteiger partial charge in [0.15, 0.2) is 9.84 Å². The summed E-state index contributed by atoms with van der Waals surface area (Å²) < 4.78 is 29.0. The maximum atomic E-state index is 12.3. The fourth-order valence-corrected chi connectivity index (χ4v) is 3.26. The van der Waals surface area contributed by atoms with Crippen molar-refractivity contribution in [3.63, 3.8) is 0 Å². The molecule has 1 atom stereocenters. The third-order valence-electron chi connectivity index (χ3n) is 4.08. The molecular formula is C14H26N2O4S. The van der Waals surface area contributed by atoms with E-state index in [9.17, 15) is 13.2 Å². The Bertz CT molecular complexity index is 462. The molecule has 0 aromatic carbocycles. The number of likely N-dealkylation sites (N-methyl/N-ethyl adjacent to an activating group) is 1. The predicted molar refractivity (Wildman–Crippen MR) is 80.9 cm³/mol. The quantitative estimate of drug-likeness (QED) is 0.660. The summed E-state index contributed by atoms with van der Waals surface area (Å²) in [6, 6.07) is 0. The van der Waals surface area contributed by atoms with E-state index in [2.05, 4.69) is 4.90 Å². The molecule has 0 bridgehead atoms. The Morgan fingerprint density at radius 3 is 2.62 bits per heavy atom. The van der Waals surface area contributed by atoms with Gasteiger partial charge in [0.05, 0.1) is 12.7 Å². The Morgan fingerprint density at radius 1 is 1.33 bits per heavy atom. The highest BCUT2D eigenvalue weighted by atomic mass is 32.2. The van der Waals surface area contributed by atoms with Gasteiger partial charge in [0.1, 0.15) is 5.75 Å². The van der Waals surface area contributed by atoms with E-state index in [1.165, 1.54) is 0 Å². The van der Waals surface area contributed by atoms with Gasteiger partial charge in [-0.3, -0.25) is 4.79 Å². The first kappa shape index (κ1) is 16.7. The number of sulfone groups is 1. The number of carbonyl (C=O) groups is 1. The van der Waals surface area contributed by atoms with Gasteiger partial charge in [-0.15, -0.1) is 0 Å². The van der Waals surface area contributed by atoms with Gasteiger partial charge in [-0.1, -0.05) is 6.92 Å². The van der Waals surface area contributed by atoms with Gasteiger partial charge in [-0.05, 0) is 25.8 Å². The lowest BCUT2D eigenvalue weighted by Gasteiger charge is -2.34. The lowest BCUT2D eigenvalue weighted by molar-refractivity contribution is -0.132. The Labute approximate surface area is 127 Å². The number of hydrogen-bond acceptors (Lipinski definition) is 5. The van der Waals surface area contributed by atoms with Crippen molar-refractivity contribution in [2.75, 3.05) is 51.3 Å². The van der Waals surface area contributed by atoms with Gasteiger partial charge >= 0.3 is 0 Å². The molecule has 21 heavy (non-hydrogen) atoms. The SMILES string of the molecule is CCS(=O)(=O)CC(=O)N(CC1CC1)C[C@H]1CN(C)CCO1. The number of ether oxygens (including phenoxy) is 1. The number of rotatable bonds is 7. The number of nitrogens with zero attached hydrogens (tertiary/aromatic N) is 2. The van der Waals surface area contributed by atoms with E-state index in [1.54, 1.807) is 11.8 Å². The lowest BCUT2D eigenvalue weighted by Crippen LogP contribution is -2.49. The van der Waals surface area contributed by atoms with E-state index >= 15 is 0 Å². The summed E-state index contributed by atoms with van der Waals surface area (Å²) in [5.74, 6) is -0.0996. The molecule has 0 aromatic heterocycles. The summed E-state index contributed by atoms with van der Waals surface area (Å²) in [4.78, 5) is 16.2. The summed E-state index contributed by atoms with van der Waals surface area (Å²) >= 11 is 0. The maximum absolute atomic E-state index is 12.3. The van der Waals surface area contributed by atoms with E-state index in [1.807, 2.05) is 7.05 Å². The van der Waals surface area contributed by atoms with Gasteiger partial charge in [0.2, 0.25) is 5.91 Å². The second-order valence-corrected chi connectivity index (χ2v) is 8.53. The van der Waals surface area contributed by atoms with Gasteiger partial charge in [-0.2, -0.15) is 0 Å². The molecule has 1 saturated carbocycles. The van der Waals surface area contributed by atoms with Crippen LogP contribution in [-0.2, 0) is 19.4 Å². The van der Waals surface area contributed by atoms with Crippen molar-refractivity contribution in [1.82, 2.24) is 9.80 Å². The normalized spacial score (nSPS) is 24.0. The standard InChI is InChI=1S/C14H26N2O4S/c1-3-21(18,19)11-14(17)16(8-12-4-5-12)10-13-9-15(2)6-7-20-13/h12-13H,3-11H2,1-2H3/t13-/m1/s1. The van der Waals surface area contributed by atoms with E-state index in [0.717, 1.165) is 25.9 Å². The zero-order valence-electron chi connectivity index (χ0n) is 13.0. The van der Waals surface area contributed by atoms with Crippen molar-refractivity contribution in [2.24, 2.45) is 5.92 Å². The Hall–Kier alpha value is -0.660. The molecule has 0 aromatic rings. The molecule has 0 spiro atoms. The highest BCUT2D eigenvalue weighted by Crippen LogP contribution is 2.30. The molecule has 1 aliphatic carbocycles. The summed E-state index contributed by atoms with van der Waals surface area (Å²) in [7, 11) is -1.24. The molecule has 122 valence electrons. The van der Waals surface area contributed by atoms with Crippen molar-refractivity contribution in [1.29, 1.82) is 0 Å². The third-order valence-corrected chi connectivity index (χ3v) is 5.64. The molecule has 2 fully saturated rings. The van der Waals surface area contributed by atoms with Crippen LogP contribution in [0.1, 0.15) is 19.8 Å². The van der Waals surface area contributed by atoms with Gasteiger partial charge in [0.25, 0.3) is 0 Å². The smallest absolute Gasteiger partial charge is 0.237 e. The van der Waals surface area contributed by atoms with E-state index in [-0.39, 0.29) is 23.5 Å². The van der Waals surface area contributed by atoms with Crippen LogP contribution in [0.2, 0.25) is 0 Å². The third kappa shape index (κ3) is 5.56. The van der Waals surface area contributed by atoms with E-state index in [4.69, 9.17) is 4.74 Å². The fraction of sp³-hybridized carbons (Fsp3) is 0.929. The molecule has 1 saturated heterocycles. The average Bonchev–Trinajstić information content (AvgIpc) is 3.21. The molecule has 2 rings (SSSR count). The van der Waals surface area contributed by atoms with Crippen molar-refractivity contribution < 1.29 is 17.9 Å². The zero-order chi connectivity index (χ0) is 15.5. The summed E-state index contributed by atoms with van der Waals surface area (Å²) in [6.45, 7) is 5.10. The summed E-state index contributed by atoms with van der Waals surface area (Å²) in [6.07, 6.45) is 2.25. The Kier molecular flexibility index (Phi) is 5.62. The van der Waals surface area contributed by atoms with Gasteiger partial charge in [-0.25, -0.2) is 8.42 Å². The molecule has 0 N–H and O–H groups in total. The summed E-state index contributed by atoms with van der Waals surface area (Å²) in [5, 5.41) is 0. The van der Waals surface area contributed by atoms with Crippen LogP contribution < -0.4 is 0 Å². The van der Waals surface area contributed by atoms with Crippen LogP contribution in [-0.4, -0.2) is 81.6 Å². The van der Waals surface area contributed by atoms with Crippen LogP contribution in [0.15, 0.2) is 0 Å². The molecule has 0 unspecified atom stereocenters. The zero-order valence-corrected chi connectivity index (χ0v) is 13.8. The fourth-order valence-electron chi connectivity index (χ4n) is 2.49. The molecule has 0 radical (unpaired) electrons. The Balaban J connectivity index is 1.94. The van der Waals surface area contributed by atoms with Crippen LogP contribution in [0, 0.1) is 5.92 Å².